The van der Waals surface area contributed by atoms with E-state index in [9.17, 15) is 9.59 Å². The van der Waals surface area contributed by atoms with Crippen LogP contribution in [-0.4, -0.2) is 47.3 Å². The van der Waals surface area contributed by atoms with Crippen molar-refractivity contribution < 1.29 is 9.59 Å². The number of carbonyl (C=O) groups excluding carboxylic acids is 2. The fraction of sp³-hybridized carbons (Fsp3) is 0.400. The molecule has 0 N–H and O–H groups in total. The fourth-order valence-electron chi connectivity index (χ4n) is 3.90. The van der Waals surface area contributed by atoms with Crippen LogP contribution in [0.25, 0.3) is 0 Å². The van der Waals surface area contributed by atoms with Crippen molar-refractivity contribution in [3.05, 3.63) is 57.8 Å². The van der Waals surface area contributed by atoms with Gasteiger partial charge >= 0.3 is 0 Å². The molecule has 0 bridgehead atoms. The molecule has 3 heterocycles. The summed E-state index contributed by atoms with van der Waals surface area (Å²) in [6.45, 7) is 2.29. The van der Waals surface area contributed by atoms with E-state index in [1.807, 2.05) is 44.8 Å². The maximum absolute atomic E-state index is 12.8. The maximum atomic E-state index is 12.8. The lowest BCUT2D eigenvalue weighted by Crippen LogP contribution is -2.51. The van der Waals surface area contributed by atoms with E-state index < -0.39 is 0 Å². The molecule has 0 unspecified atom stereocenters. The maximum Gasteiger partial charge on any atom is 0.254 e. The summed E-state index contributed by atoms with van der Waals surface area (Å²) in [7, 11) is 0. The van der Waals surface area contributed by atoms with Crippen LogP contribution in [0.1, 0.15) is 34.3 Å². The third-order valence-electron chi connectivity index (χ3n) is 5.32. The fourth-order valence-corrected chi connectivity index (χ4v) is 4.57. The summed E-state index contributed by atoms with van der Waals surface area (Å²) in [4.78, 5) is 29.2. The highest BCUT2D eigenvalue weighted by molar-refractivity contribution is 7.08. The lowest BCUT2D eigenvalue weighted by Gasteiger charge is -2.40. The van der Waals surface area contributed by atoms with Gasteiger partial charge in [-0.1, -0.05) is 18.2 Å². The molecule has 2 aliphatic heterocycles. The number of rotatable bonds is 3. The van der Waals surface area contributed by atoms with E-state index in [-0.39, 0.29) is 17.9 Å². The summed E-state index contributed by atoms with van der Waals surface area (Å²) in [6, 6.07) is 10.2. The van der Waals surface area contributed by atoms with Crippen molar-refractivity contribution in [2.24, 2.45) is 0 Å². The second-order valence-corrected chi connectivity index (χ2v) is 7.61. The average molecular weight is 354 g/mol. The van der Waals surface area contributed by atoms with E-state index in [1.165, 1.54) is 0 Å². The van der Waals surface area contributed by atoms with Crippen LogP contribution >= 0.6 is 11.3 Å². The van der Waals surface area contributed by atoms with Gasteiger partial charge in [-0.2, -0.15) is 11.3 Å². The first-order chi connectivity index (χ1) is 12.2. The molecule has 0 atom stereocenters. The van der Waals surface area contributed by atoms with Gasteiger partial charge in [-0.05, 0) is 53.3 Å². The van der Waals surface area contributed by atoms with E-state index in [2.05, 4.69) is 6.07 Å². The minimum Gasteiger partial charge on any atom is -0.342 e. The van der Waals surface area contributed by atoms with Crippen molar-refractivity contribution in [1.29, 1.82) is 0 Å². The molecule has 1 saturated heterocycles. The van der Waals surface area contributed by atoms with E-state index in [1.54, 1.807) is 11.3 Å². The van der Waals surface area contributed by atoms with Gasteiger partial charge in [0.15, 0.2) is 0 Å². The van der Waals surface area contributed by atoms with Gasteiger partial charge in [-0.25, -0.2) is 0 Å². The second-order valence-electron chi connectivity index (χ2n) is 6.83. The molecule has 130 valence electrons. The average Bonchev–Trinajstić information content (AvgIpc) is 3.15. The Morgan fingerprint density at radius 2 is 1.92 bits per heavy atom. The third kappa shape index (κ3) is 3.33. The molecule has 1 fully saturated rings. The van der Waals surface area contributed by atoms with Crippen molar-refractivity contribution in [2.75, 3.05) is 19.6 Å². The van der Waals surface area contributed by atoms with Crippen molar-refractivity contribution >= 4 is 23.2 Å². The van der Waals surface area contributed by atoms with Crippen molar-refractivity contribution in [3.8, 4) is 0 Å². The first-order valence-electron chi connectivity index (χ1n) is 8.90. The highest BCUT2D eigenvalue weighted by Crippen LogP contribution is 2.25. The molecule has 4 rings (SSSR count). The summed E-state index contributed by atoms with van der Waals surface area (Å²) in [5.74, 6) is 0.358. The Morgan fingerprint density at radius 1 is 1.12 bits per heavy atom. The Labute approximate surface area is 152 Å². The number of piperidine rings is 1. The lowest BCUT2D eigenvalue weighted by molar-refractivity contribution is -0.131. The number of thiophene rings is 1. The van der Waals surface area contributed by atoms with Crippen LogP contribution < -0.4 is 0 Å². The number of likely N-dealkylation sites (tertiary alicyclic amines) is 1. The molecule has 2 amide bonds. The number of nitrogens with zero attached hydrogens (tertiary/aromatic N) is 2. The molecular formula is C20H22N2O2S. The molecule has 0 radical (unpaired) electrons. The third-order valence-corrected chi connectivity index (χ3v) is 6.06. The molecule has 2 aliphatic rings. The Kier molecular flexibility index (Phi) is 4.57. The molecular weight excluding hydrogens is 332 g/mol. The van der Waals surface area contributed by atoms with E-state index in [0.717, 1.165) is 55.6 Å². The molecule has 4 nitrogen and oxygen atoms in total. The largest absolute Gasteiger partial charge is 0.342 e. The minimum absolute atomic E-state index is 0.157. The topological polar surface area (TPSA) is 40.6 Å². The Balaban J connectivity index is 1.36. The summed E-state index contributed by atoms with van der Waals surface area (Å²) in [5.41, 5.74) is 3.11. The number of hydrogen-bond donors (Lipinski definition) is 0. The molecule has 0 spiro atoms. The van der Waals surface area contributed by atoms with Crippen LogP contribution in [0.15, 0.2) is 41.1 Å². The molecule has 1 aromatic heterocycles. The van der Waals surface area contributed by atoms with Gasteiger partial charge in [0.25, 0.3) is 5.91 Å². The summed E-state index contributed by atoms with van der Waals surface area (Å²) < 4.78 is 0. The molecule has 0 saturated carbocycles. The van der Waals surface area contributed by atoms with Crippen LogP contribution in [0.5, 0.6) is 0 Å². The SMILES string of the molecule is O=C(Cc1ccsc1)N1CCC(N2CCc3ccccc3C2=O)CC1. The van der Waals surface area contributed by atoms with Crippen LogP contribution in [0.3, 0.4) is 0 Å². The first kappa shape index (κ1) is 16.3. The molecule has 1 aromatic carbocycles. The van der Waals surface area contributed by atoms with Gasteiger partial charge in [0.2, 0.25) is 5.91 Å². The zero-order chi connectivity index (χ0) is 17.2. The number of benzene rings is 1. The highest BCUT2D eigenvalue weighted by atomic mass is 32.1. The van der Waals surface area contributed by atoms with E-state index in [0.29, 0.717) is 6.42 Å². The molecule has 25 heavy (non-hydrogen) atoms. The highest BCUT2D eigenvalue weighted by Gasteiger charge is 2.32. The van der Waals surface area contributed by atoms with E-state index >= 15 is 0 Å². The van der Waals surface area contributed by atoms with E-state index in [4.69, 9.17) is 0 Å². The Hall–Kier alpha value is -2.14. The van der Waals surface area contributed by atoms with Gasteiger partial charge < -0.3 is 9.80 Å². The van der Waals surface area contributed by atoms with Crippen LogP contribution in [0.4, 0.5) is 0 Å². The monoisotopic (exact) mass is 354 g/mol. The zero-order valence-electron chi connectivity index (χ0n) is 14.2. The Bertz CT molecular complexity index is 764. The molecule has 2 aromatic rings. The summed E-state index contributed by atoms with van der Waals surface area (Å²) >= 11 is 1.63. The second kappa shape index (κ2) is 7.00. The predicted octanol–water partition coefficient (Wildman–Crippen LogP) is 2.98. The van der Waals surface area contributed by atoms with Gasteiger partial charge in [-0.3, -0.25) is 9.59 Å². The quantitative estimate of drug-likeness (QED) is 0.850. The molecule has 0 aliphatic carbocycles. The molecule has 5 heteroatoms. The standard InChI is InChI=1S/C20H22N2O2S/c23-19(13-15-8-12-25-14-15)21-9-6-17(7-10-21)22-11-5-16-3-1-2-4-18(16)20(22)24/h1-4,8,12,14,17H,5-7,9-11,13H2. The van der Waals surface area contributed by atoms with Gasteiger partial charge in [0.05, 0.1) is 6.42 Å². The summed E-state index contributed by atoms with van der Waals surface area (Å²) in [5, 5.41) is 4.04. The van der Waals surface area contributed by atoms with Crippen LogP contribution in [0.2, 0.25) is 0 Å². The smallest absolute Gasteiger partial charge is 0.254 e. The number of carbonyl (C=O) groups is 2. The van der Waals surface area contributed by atoms with Crippen LogP contribution in [-0.2, 0) is 17.6 Å². The Morgan fingerprint density at radius 3 is 2.68 bits per heavy atom. The zero-order valence-corrected chi connectivity index (χ0v) is 15.0. The number of fused-ring (bicyclic) bond motifs is 1. The predicted molar refractivity (Wildman–Crippen MR) is 98.8 cm³/mol. The van der Waals surface area contributed by atoms with Crippen molar-refractivity contribution in [2.45, 2.75) is 31.7 Å². The van der Waals surface area contributed by atoms with Gasteiger partial charge in [0.1, 0.15) is 0 Å². The van der Waals surface area contributed by atoms with Crippen LogP contribution in [0, 0.1) is 0 Å². The summed E-state index contributed by atoms with van der Waals surface area (Å²) in [6.07, 6.45) is 3.18. The van der Waals surface area contributed by atoms with Gasteiger partial charge in [0, 0.05) is 31.2 Å². The van der Waals surface area contributed by atoms with Gasteiger partial charge in [-0.15, -0.1) is 0 Å². The van der Waals surface area contributed by atoms with Crippen molar-refractivity contribution in [1.82, 2.24) is 9.80 Å². The first-order valence-corrected chi connectivity index (χ1v) is 9.84. The normalized spacial score (nSPS) is 18.3. The number of amides is 2. The van der Waals surface area contributed by atoms with Crippen molar-refractivity contribution in [3.63, 3.8) is 0 Å². The number of hydrogen-bond acceptors (Lipinski definition) is 3. The lowest BCUT2D eigenvalue weighted by atomic mass is 9.94. The minimum atomic E-state index is 0.157.